The highest BCUT2D eigenvalue weighted by Gasteiger charge is 2.22. The van der Waals surface area contributed by atoms with Gasteiger partial charge in [-0.1, -0.05) is 24.3 Å². The van der Waals surface area contributed by atoms with E-state index in [4.69, 9.17) is 9.97 Å². The van der Waals surface area contributed by atoms with Gasteiger partial charge in [0.05, 0.1) is 22.3 Å². The van der Waals surface area contributed by atoms with Gasteiger partial charge in [-0.15, -0.1) is 22.7 Å². The van der Waals surface area contributed by atoms with Gasteiger partial charge in [0, 0.05) is 29.6 Å². The van der Waals surface area contributed by atoms with E-state index in [1.165, 1.54) is 4.70 Å². The molecule has 0 N–H and O–H groups in total. The van der Waals surface area contributed by atoms with Gasteiger partial charge in [-0.2, -0.15) is 0 Å². The Morgan fingerprint density at radius 3 is 2.81 bits per heavy atom. The predicted molar refractivity (Wildman–Crippen MR) is 112 cm³/mol. The van der Waals surface area contributed by atoms with Crippen molar-refractivity contribution in [2.45, 2.75) is 19.3 Å². The Morgan fingerprint density at radius 2 is 1.96 bits per heavy atom. The number of carbonyl (C=O) groups excluding carboxylic acids is 1. The normalized spacial score (nSPS) is 14.4. The van der Waals surface area contributed by atoms with E-state index in [1.807, 2.05) is 35.2 Å². The van der Waals surface area contributed by atoms with Crippen LogP contribution < -0.4 is 4.90 Å². The molecule has 1 aliphatic heterocycles. The lowest BCUT2D eigenvalue weighted by molar-refractivity contribution is -0.117. The molecule has 0 radical (unpaired) electrons. The summed E-state index contributed by atoms with van der Waals surface area (Å²) in [5.41, 5.74) is 4.04. The van der Waals surface area contributed by atoms with Gasteiger partial charge in [-0.3, -0.25) is 4.79 Å². The summed E-state index contributed by atoms with van der Waals surface area (Å²) in [7, 11) is 0. The molecular weight excluding hydrogens is 374 g/mol. The minimum absolute atomic E-state index is 0.210. The molecule has 0 spiro atoms. The Balaban J connectivity index is 1.39. The fraction of sp³-hybridized carbons (Fsp3) is 0.190. The maximum absolute atomic E-state index is 12.0. The molecule has 0 unspecified atom stereocenters. The standard InChI is InChI=1S/C21H17N3OS2/c25-21-9-4-10-24(21)15-6-3-5-14(11-15)17-13-26-19(23-17)12-20-22-16-7-1-2-8-18(16)27-20/h1-3,5-8,11,13H,4,9-10,12H2. The van der Waals surface area contributed by atoms with Gasteiger partial charge < -0.3 is 4.90 Å². The van der Waals surface area contributed by atoms with Crippen LogP contribution in [0.25, 0.3) is 21.5 Å². The maximum Gasteiger partial charge on any atom is 0.227 e. The number of thiazole rings is 2. The van der Waals surface area contributed by atoms with Crippen LogP contribution in [-0.2, 0) is 11.2 Å². The van der Waals surface area contributed by atoms with Crippen LogP contribution in [0.15, 0.2) is 53.9 Å². The zero-order chi connectivity index (χ0) is 18.2. The van der Waals surface area contributed by atoms with Crippen molar-refractivity contribution in [1.82, 2.24) is 9.97 Å². The molecule has 5 rings (SSSR count). The minimum Gasteiger partial charge on any atom is -0.312 e. The van der Waals surface area contributed by atoms with E-state index in [1.54, 1.807) is 22.7 Å². The topological polar surface area (TPSA) is 46.1 Å². The smallest absolute Gasteiger partial charge is 0.227 e. The first-order valence-corrected chi connectivity index (χ1v) is 10.7. The molecule has 0 atom stereocenters. The predicted octanol–water partition coefficient (Wildman–Crippen LogP) is 5.14. The number of amides is 1. The number of para-hydroxylation sites is 1. The van der Waals surface area contributed by atoms with Gasteiger partial charge in [0.15, 0.2) is 0 Å². The Bertz CT molecular complexity index is 1100. The number of anilines is 1. The zero-order valence-electron chi connectivity index (χ0n) is 14.6. The van der Waals surface area contributed by atoms with E-state index in [0.717, 1.165) is 51.9 Å². The van der Waals surface area contributed by atoms with Gasteiger partial charge in [0.1, 0.15) is 10.0 Å². The number of rotatable bonds is 4. The summed E-state index contributed by atoms with van der Waals surface area (Å²) < 4.78 is 1.22. The summed E-state index contributed by atoms with van der Waals surface area (Å²) in [5, 5.41) is 4.24. The molecule has 2 aromatic heterocycles. The number of hydrogen-bond acceptors (Lipinski definition) is 5. The fourth-order valence-electron chi connectivity index (χ4n) is 3.40. The highest BCUT2D eigenvalue weighted by atomic mass is 32.1. The third kappa shape index (κ3) is 3.26. The first kappa shape index (κ1) is 16.6. The molecule has 1 saturated heterocycles. The van der Waals surface area contributed by atoms with Gasteiger partial charge in [-0.05, 0) is 30.7 Å². The zero-order valence-corrected chi connectivity index (χ0v) is 16.2. The quantitative estimate of drug-likeness (QED) is 0.484. The van der Waals surface area contributed by atoms with E-state index >= 15 is 0 Å². The number of nitrogens with zero attached hydrogens (tertiary/aromatic N) is 3. The second kappa shape index (κ2) is 6.87. The van der Waals surface area contributed by atoms with Crippen molar-refractivity contribution < 1.29 is 4.79 Å². The summed E-state index contributed by atoms with van der Waals surface area (Å²) in [4.78, 5) is 23.4. The van der Waals surface area contributed by atoms with Crippen molar-refractivity contribution >= 4 is 44.5 Å². The number of benzene rings is 2. The molecule has 27 heavy (non-hydrogen) atoms. The maximum atomic E-state index is 12.0. The SMILES string of the molecule is O=C1CCCN1c1cccc(-c2csc(Cc3nc4ccccc4s3)n2)c1. The highest BCUT2D eigenvalue weighted by molar-refractivity contribution is 7.18. The van der Waals surface area contributed by atoms with Crippen LogP contribution in [0.4, 0.5) is 5.69 Å². The lowest BCUT2D eigenvalue weighted by Gasteiger charge is -2.16. The van der Waals surface area contributed by atoms with Crippen LogP contribution in [0.1, 0.15) is 22.9 Å². The summed E-state index contributed by atoms with van der Waals surface area (Å²) in [5.74, 6) is 0.210. The van der Waals surface area contributed by atoms with Gasteiger partial charge in [-0.25, -0.2) is 9.97 Å². The third-order valence-electron chi connectivity index (χ3n) is 4.72. The van der Waals surface area contributed by atoms with Crippen LogP contribution in [-0.4, -0.2) is 22.4 Å². The molecule has 134 valence electrons. The minimum atomic E-state index is 0.210. The fourth-order valence-corrected chi connectivity index (χ4v) is 5.27. The number of hydrogen-bond donors (Lipinski definition) is 0. The monoisotopic (exact) mass is 391 g/mol. The van der Waals surface area contributed by atoms with E-state index in [0.29, 0.717) is 6.42 Å². The molecule has 1 fully saturated rings. The number of carbonyl (C=O) groups is 1. The largest absolute Gasteiger partial charge is 0.312 e. The van der Waals surface area contributed by atoms with Crippen molar-refractivity contribution in [2.75, 3.05) is 11.4 Å². The van der Waals surface area contributed by atoms with Crippen molar-refractivity contribution in [3.8, 4) is 11.3 Å². The Morgan fingerprint density at radius 1 is 1.04 bits per heavy atom. The van der Waals surface area contributed by atoms with Crippen LogP contribution in [0.3, 0.4) is 0 Å². The summed E-state index contributed by atoms with van der Waals surface area (Å²) in [6, 6.07) is 16.3. The number of fused-ring (bicyclic) bond motifs is 1. The molecule has 1 amide bonds. The second-order valence-corrected chi connectivity index (χ2v) is 8.64. The lowest BCUT2D eigenvalue weighted by atomic mass is 10.1. The molecule has 0 bridgehead atoms. The first-order valence-electron chi connectivity index (χ1n) is 8.96. The van der Waals surface area contributed by atoms with Crippen LogP contribution in [0.2, 0.25) is 0 Å². The van der Waals surface area contributed by atoms with Gasteiger partial charge in [0.25, 0.3) is 0 Å². The van der Waals surface area contributed by atoms with Crippen molar-refractivity contribution in [3.63, 3.8) is 0 Å². The molecule has 1 aliphatic rings. The molecule has 6 heteroatoms. The third-order valence-corrected chi connectivity index (χ3v) is 6.60. The molecule has 4 aromatic rings. The molecule has 0 aliphatic carbocycles. The molecule has 0 saturated carbocycles. The van der Waals surface area contributed by atoms with Crippen LogP contribution >= 0.6 is 22.7 Å². The van der Waals surface area contributed by atoms with Gasteiger partial charge in [0.2, 0.25) is 5.91 Å². The average Bonchev–Trinajstić information content (AvgIpc) is 3.41. The van der Waals surface area contributed by atoms with E-state index in [9.17, 15) is 4.79 Å². The van der Waals surface area contributed by atoms with E-state index in [2.05, 4.69) is 23.6 Å². The lowest BCUT2D eigenvalue weighted by Crippen LogP contribution is -2.23. The van der Waals surface area contributed by atoms with E-state index < -0.39 is 0 Å². The van der Waals surface area contributed by atoms with E-state index in [-0.39, 0.29) is 5.91 Å². The Labute approximate surface area is 165 Å². The highest BCUT2D eigenvalue weighted by Crippen LogP contribution is 2.30. The first-order chi connectivity index (χ1) is 13.3. The van der Waals surface area contributed by atoms with Crippen molar-refractivity contribution in [3.05, 3.63) is 63.9 Å². The Hall–Kier alpha value is -2.57. The molecule has 3 heterocycles. The van der Waals surface area contributed by atoms with Crippen LogP contribution in [0, 0.1) is 0 Å². The molecule has 4 nitrogen and oxygen atoms in total. The van der Waals surface area contributed by atoms with Gasteiger partial charge >= 0.3 is 0 Å². The molecular formula is C21H17N3OS2. The van der Waals surface area contributed by atoms with Crippen LogP contribution in [0.5, 0.6) is 0 Å². The van der Waals surface area contributed by atoms with Crippen molar-refractivity contribution in [2.24, 2.45) is 0 Å². The Kier molecular flexibility index (Phi) is 4.22. The summed E-state index contributed by atoms with van der Waals surface area (Å²) in [6.07, 6.45) is 2.34. The average molecular weight is 392 g/mol. The molecule has 2 aromatic carbocycles. The second-order valence-electron chi connectivity index (χ2n) is 6.58. The number of aromatic nitrogens is 2. The summed E-state index contributed by atoms with van der Waals surface area (Å²) in [6.45, 7) is 0.808. The summed E-state index contributed by atoms with van der Waals surface area (Å²) >= 11 is 3.39. The van der Waals surface area contributed by atoms with Crippen molar-refractivity contribution in [1.29, 1.82) is 0 Å².